The molecule has 0 atom stereocenters. The van der Waals surface area contributed by atoms with Gasteiger partial charge in [0.1, 0.15) is 0 Å². The standard InChI is InChI=1S/C12H17NO2S2.ClH/c1-10-3-5-11(6-4-10)17(14,15)16-9-12(13-2)7-8-12;/h3-6,13H,7-9H2,1-2H3;1H. The highest BCUT2D eigenvalue weighted by Crippen LogP contribution is 2.40. The molecule has 2 rings (SSSR count). The van der Waals surface area contributed by atoms with Crippen LogP contribution in [0.5, 0.6) is 0 Å². The molecule has 1 N–H and O–H groups in total. The first-order valence-corrected chi connectivity index (χ1v) is 8.61. The van der Waals surface area contributed by atoms with Crippen LogP contribution < -0.4 is 5.32 Å². The van der Waals surface area contributed by atoms with Crippen LogP contribution in [0.1, 0.15) is 18.4 Å². The van der Waals surface area contributed by atoms with E-state index in [0.717, 1.165) is 29.2 Å². The van der Waals surface area contributed by atoms with E-state index in [1.54, 1.807) is 12.1 Å². The molecule has 0 aromatic heterocycles. The van der Waals surface area contributed by atoms with Crippen LogP contribution in [0.4, 0.5) is 0 Å². The van der Waals surface area contributed by atoms with Gasteiger partial charge >= 0.3 is 0 Å². The van der Waals surface area contributed by atoms with Gasteiger partial charge in [-0.25, -0.2) is 8.42 Å². The molecule has 1 saturated carbocycles. The Morgan fingerprint density at radius 3 is 2.28 bits per heavy atom. The summed E-state index contributed by atoms with van der Waals surface area (Å²) in [5.74, 6) is 0.625. The van der Waals surface area contributed by atoms with E-state index in [9.17, 15) is 8.42 Å². The predicted molar refractivity (Wildman–Crippen MR) is 79.1 cm³/mol. The van der Waals surface area contributed by atoms with Gasteiger partial charge in [-0.3, -0.25) is 0 Å². The van der Waals surface area contributed by atoms with Gasteiger partial charge in [0.2, 0.25) is 8.87 Å². The summed E-state index contributed by atoms with van der Waals surface area (Å²) in [5, 5.41) is 3.20. The van der Waals surface area contributed by atoms with E-state index in [1.165, 1.54) is 0 Å². The van der Waals surface area contributed by atoms with Crippen LogP contribution in [-0.4, -0.2) is 26.8 Å². The first-order valence-electron chi connectivity index (χ1n) is 5.62. The van der Waals surface area contributed by atoms with E-state index in [1.807, 2.05) is 26.1 Å². The maximum Gasteiger partial charge on any atom is 0.230 e. The van der Waals surface area contributed by atoms with Gasteiger partial charge in [-0.1, -0.05) is 17.7 Å². The fourth-order valence-electron chi connectivity index (χ4n) is 1.58. The summed E-state index contributed by atoms with van der Waals surface area (Å²) < 4.78 is 24.1. The molecular formula is C12H18ClNO2S2. The predicted octanol–water partition coefficient (Wildman–Crippen LogP) is 2.59. The number of hydrogen-bond acceptors (Lipinski definition) is 4. The Bertz CT molecular complexity index is 495. The lowest BCUT2D eigenvalue weighted by molar-refractivity contribution is 0.605. The van der Waals surface area contributed by atoms with Crippen LogP contribution >= 0.6 is 23.2 Å². The maximum atomic E-state index is 12.1. The molecular weight excluding hydrogens is 290 g/mol. The van der Waals surface area contributed by atoms with Gasteiger partial charge in [0.15, 0.2) is 0 Å². The molecule has 1 aromatic rings. The van der Waals surface area contributed by atoms with E-state index in [0.29, 0.717) is 10.6 Å². The van der Waals surface area contributed by atoms with E-state index in [2.05, 4.69) is 5.32 Å². The highest BCUT2D eigenvalue weighted by atomic mass is 35.5. The van der Waals surface area contributed by atoms with Gasteiger partial charge in [-0.15, -0.1) is 12.4 Å². The van der Waals surface area contributed by atoms with Crippen molar-refractivity contribution in [3.05, 3.63) is 29.8 Å². The zero-order valence-corrected chi connectivity index (χ0v) is 12.9. The Labute approximate surface area is 118 Å². The lowest BCUT2D eigenvalue weighted by atomic mass is 10.2. The molecule has 1 aromatic carbocycles. The minimum Gasteiger partial charge on any atom is -0.313 e. The molecule has 1 aliphatic carbocycles. The second kappa shape index (κ2) is 5.82. The average Bonchev–Trinajstić information content (AvgIpc) is 3.08. The minimum atomic E-state index is -3.20. The number of hydrogen-bond donors (Lipinski definition) is 1. The summed E-state index contributed by atoms with van der Waals surface area (Å²) in [6, 6.07) is 7.02. The lowest BCUT2D eigenvalue weighted by Gasteiger charge is -2.13. The van der Waals surface area contributed by atoms with Crippen molar-refractivity contribution in [1.29, 1.82) is 0 Å². The average molecular weight is 308 g/mol. The third-order valence-electron chi connectivity index (χ3n) is 3.18. The molecule has 0 saturated heterocycles. The highest BCUT2D eigenvalue weighted by molar-refractivity contribution is 8.72. The summed E-state index contributed by atoms with van der Waals surface area (Å²) in [5.41, 5.74) is 1.13. The summed E-state index contributed by atoms with van der Waals surface area (Å²) in [6.45, 7) is 1.95. The van der Waals surface area contributed by atoms with Gasteiger partial charge < -0.3 is 5.32 Å². The molecule has 1 aliphatic rings. The smallest absolute Gasteiger partial charge is 0.230 e. The SMILES string of the molecule is CNC1(CSS(=O)(=O)c2ccc(C)cc2)CC1.Cl. The van der Waals surface area contributed by atoms with Crippen LogP contribution in [0, 0.1) is 6.92 Å². The number of benzene rings is 1. The van der Waals surface area contributed by atoms with E-state index in [-0.39, 0.29) is 17.9 Å². The van der Waals surface area contributed by atoms with Crippen molar-refractivity contribution in [3.63, 3.8) is 0 Å². The van der Waals surface area contributed by atoms with Crippen molar-refractivity contribution in [2.75, 3.05) is 12.8 Å². The monoisotopic (exact) mass is 307 g/mol. The molecule has 102 valence electrons. The largest absolute Gasteiger partial charge is 0.313 e. The fraction of sp³-hybridized carbons (Fsp3) is 0.500. The Morgan fingerprint density at radius 1 is 1.28 bits per heavy atom. The molecule has 1 fully saturated rings. The van der Waals surface area contributed by atoms with Gasteiger partial charge in [0.25, 0.3) is 0 Å². The number of rotatable bonds is 5. The van der Waals surface area contributed by atoms with E-state index >= 15 is 0 Å². The molecule has 0 spiro atoms. The molecule has 6 heteroatoms. The van der Waals surface area contributed by atoms with Crippen LogP contribution in [-0.2, 0) is 8.87 Å². The Hall–Kier alpha value is -0.230. The first kappa shape index (κ1) is 15.8. The molecule has 0 unspecified atom stereocenters. The van der Waals surface area contributed by atoms with Crippen LogP contribution in [0.2, 0.25) is 0 Å². The quantitative estimate of drug-likeness (QED) is 0.849. The van der Waals surface area contributed by atoms with E-state index < -0.39 is 8.87 Å². The van der Waals surface area contributed by atoms with Crippen LogP contribution in [0.15, 0.2) is 29.2 Å². The zero-order valence-electron chi connectivity index (χ0n) is 10.5. The molecule has 0 heterocycles. The van der Waals surface area contributed by atoms with Crippen molar-refractivity contribution in [1.82, 2.24) is 5.32 Å². The van der Waals surface area contributed by atoms with Crippen molar-refractivity contribution < 1.29 is 8.42 Å². The second-order valence-corrected chi connectivity index (χ2v) is 8.49. The Balaban J connectivity index is 0.00000162. The third-order valence-corrected chi connectivity index (χ3v) is 6.88. The van der Waals surface area contributed by atoms with Crippen molar-refractivity contribution in [2.24, 2.45) is 0 Å². The molecule has 0 radical (unpaired) electrons. The Morgan fingerprint density at radius 2 is 1.83 bits per heavy atom. The van der Waals surface area contributed by atoms with Gasteiger partial charge in [-0.05, 0) is 49.7 Å². The molecule has 18 heavy (non-hydrogen) atoms. The lowest BCUT2D eigenvalue weighted by Crippen LogP contribution is -2.30. The number of nitrogens with one attached hydrogen (secondary N) is 1. The molecule has 0 amide bonds. The van der Waals surface area contributed by atoms with Crippen LogP contribution in [0.25, 0.3) is 0 Å². The number of aryl methyl sites for hydroxylation is 1. The van der Waals surface area contributed by atoms with Gasteiger partial charge in [0, 0.05) is 11.3 Å². The highest BCUT2D eigenvalue weighted by Gasteiger charge is 2.42. The third kappa shape index (κ3) is 3.63. The van der Waals surface area contributed by atoms with Crippen molar-refractivity contribution in [3.8, 4) is 0 Å². The fourth-order valence-corrected chi connectivity index (χ4v) is 4.88. The Kier molecular flexibility index (Phi) is 5.12. The van der Waals surface area contributed by atoms with Gasteiger partial charge in [-0.2, -0.15) is 0 Å². The van der Waals surface area contributed by atoms with Gasteiger partial charge in [0.05, 0.1) is 4.90 Å². The zero-order chi connectivity index (χ0) is 12.5. The van der Waals surface area contributed by atoms with Crippen molar-refractivity contribution in [2.45, 2.75) is 30.2 Å². The normalized spacial score (nSPS) is 17.0. The maximum absolute atomic E-state index is 12.1. The first-order chi connectivity index (χ1) is 7.97. The van der Waals surface area contributed by atoms with Crippen LogP contribution in [0.3, 0.4) is 0 Å². The number of halogens is 1. The second-order valence-electron chi connectivity index (χ2n) is 4.56. The summed E-state index contributed by atoms with van der Waals surface area (Å²) >= 11 is 0. The molecule has 3 nitrogen and oxygen atoms in total. The minimum absolute atomic E-state index is 0. The topological polar surface area (TPSA) is 46.2 Å². The summed E-state index contributed by atoms with van der Waals surface area (Å²) in [7, 11) is -0.267. The summed E-state index contributed by atoms with van der Waals surface area (Å²) in [6.07, 6.45) is 2.14. The summed E-state index contributed by atoms with van der Waals surface area (Å²) in [4.78, 5) is 0.403. The van der Waals surface area contributed by atoms with E-state index in [4.69, 9.17) is 0 Å². The molecule has 0 bridgehead atoms. The molecule has 0 aliphatic heterocycles. The van der Waals surface area contributed by atoms with Crippen molar-refractivity contribution >= 4 is 32.1 Å².